The van der Waals surface area contributed by atoms with Gasteiger partial charge in [0.05, 0.1) is 26.4 Å². The summed E-state index contributed by atoms with van der Waals surface area (Å²) >= 11 is 0. The van der Waals surface area contributed by atoms with E-state index in [0.717, 1.165) is 12.1 Å². The van der Waals surface area contributed by atoms with Crippen LogP contribution in [0.3, 0.4) is 0 Å². The van der Waals surface area contributed by atoms with Crippen molar-refractivity contribution < 1.29 is 37.5 Å². The van der Waals surface area contributed by atoms with Crippen LogP contribution in [0.4, 0.5) is 13.6 Å². The zero-order chi connectivity index (χ0) is 28.7. The number of pyridine rings is 1. The van der Waals surface area contributed by atoms with E-state index >= 15 is 0 Å². The first-order chi connectivity index (χ1) is 18.4. The third-order valence-electron chi connectivity index (χ3n) is 6.04. The van der Waals surface area contributed by atoms with E-state index in [1.54, 1.807) is 30.6 Å². The predicted octanol–water partition coefficient (Wildman–Crippen LogP) is 4.61. The fraction of sp³-hybridized carbons (Fsp3) is 0.593. The van der Waals surface area contributed by atoms with Crippen LogP contribution >= 0.6 is 0 Å². The number of benzene rings is 1. The number of amides is 2. The van der Waals surface area contributed by atoms with Crippen LogP contribution in [0.5, 0.6) is 5.75 Å². The van der Waals surface area contributed by atoms with Crippen molar-refractivity contribution in [3.8, 4) is 5.75 Å². The molecule has 1 fully saturated rings. The third-order valence-corrected chi connectivity index (χ3v) is 6.04. The molecule has 1 aromatic carbocycles. The van der Waals surface area contributed by atoms with Crippen molar-refractivity contribution in [2.75, 3.05) is 33.4 Å². The highest BCUT2D eigenvalue weighted by atomic mass is 19.1. The van der Waals surface area contributed by atoms with Gasteiger partial charge in [-0.2, -0.15) is 0 Å². The molecule has 1 aromatic heterocycles. The van der Waals surface area contributed by atoms with Gasteiger partial charge in [-0.05, 0) is 53.5 Å². The lowest BCUT2D eigenvalue weighted by Crippen LogP contribution is -2.54. The molecule has 1 N–H and O–H groups in total. The quantitative estimate of drug-likeness (QED) is 0.337. The number of hydrogen-bond donors (Lipinski definition) is 1. The second kappa shape index (κ2) is 13.3. The summed E-state index contributed by atoms with van der Waals surface area (Å²) in [4.78, 5) is 43.7. The minimum atomic E-state index is -0.901. The molecule has 216 valence electrons. The number of rotatable bonds is 10. The zero-order valence-corrected chi connectivity index (χ0v) is 23.4. The Balaban J connectivity index is 1.88. The number of carbonyl (C=O) groups is 2. The summed E-state index contributed by atoms with van der Waals surface area (Å²) in [6.07, 6.45) is 1.36. The molecule has 10 nitrogen and oxygen atoms in total. The van der Waals surface area contributed by atoms with E-state index in [1.807, 2.05) is 13.8 Å². The SMILES string of the molecule is CONOCCCOc1cc(C(=O)N(C(C)C)C2CCCN(C(=O)OC(C)(C)C)C2)nc2c(F)cc(F)cc12. The number of nitrogens with one attached hydrogen (secondary N) is 1. The molecule has 3 rings (SSSR count). The van der Waals surface area contributed by atoms with Gasteiger partial charge in [0.2, 0.25) is 0 Å². The Kier molecular flexibility index (Phi) is 10.4. The van der Waals surface area contributed by atoms with Gasteiger partial charge < -0.3 is 19.3 Å². The fourth-order valence-electron chi connectivity index (χ4n) is 4.49. The van der Waals surface area contributed by atoms with Crippen LogP contribution in [0, 0.1) is 11.6 Å². The van der Waals surface area contributed by atoms with Crippen molar-refractivity contribution >= 4 is 22.9 Å². The summed E-state index contributed by atoms with van der Waals surface area (Å²) in [5.41, 5.74) is 1.40. The van der Waals surface area contributed by atoms with Crippen LogP contribution in [0.25, 0.3) is 10.9 Å². The lowest BCUT2D eigenvalue weighted by molar-refractivity contribution is -0.152. The second-order valence-corrected chi connectivity index (χ2v) is 10.7. The van der Waals surface area contributed by atoms with Crippen molar-refractivity contribution in [3.63, 3.8) is 0 Å². The van der Waals surface area contributed by atoms with Gasteiger partial charge in [-0.3, -0.25) is 14.5 Å². The Morgan fingerprint density at radius 2 is 1.95 bits per heavy atom. The monoisotopic (exact) mass is 552 g/mol. The van der Waals surface area contributed by atoms with Gasteiger partial charge in [0, 0.05) is 43.1 Å². The Morgan fingerprint density at radius 1 is 1.21 bits per heavy atom. The molecule has 39 heavy (non-hydrogen) atoms. The maximum Gasteiger partial charge on any atom is 0.410 e. The Labute approximate surface area is 227 Å². The van der Waals surface area contributed by atoms with Crippen molar-refractivity contribution in [2.45, 2.75) is 71.6 Å². The molecule has 0 aliphatic carbocycles. The highest BCUT2D eigenvalue weighted by molar-refractivity contribution is 5.97. The first-order valence-corrected chi connectivity index (χ1v) is 13.0. The maximum absolute atomic E-state index is 14.8. The van der Waals surface area contributed by atoms with Gasteiger partial charge in [0.25, 0.3) is 5.91 Å². The van der Waals surface area contributed by atoms with Crippen molar-refractivity contribution in [3.05, 3.63) is 35.5 Å². The number of ether oxygens (including phenoxy) is 2. The maximum atomic E-state index is 14.8. The number of fused-ring (bicyclic) bond motifs is 1. The first-order valence-electron chi connectivity index (χ1n) is 13.0. The van der Waals surface area contributed by atoms with Gasteiger partial charge >= 0.3 is 6.09 Å². The Bertz CT molecular complexity index is 1160. The van der Waals surface area contributed by atoms with E-state index < -0.39 is 29.2 Å². The lowest BCUT2D eigenvalue weighted by Gasteiger charge is -2.41. The average Bonchev–Trinajstić information content (AvgIpc) is 2.85. The van der Waals surface area contributed by atoms with Crippen molar-refractivity contribution in [1.82, 2.24) is 20.4 Å². The van der Waals surface area contributed by atoms with Gasteiger partial charge in [-0.15, -0.1) is 0 Å². The number of halogens is 2. The number of nitrogens with zero attached hydrogens (tertiary/aromatic N) is 3. The summed E-state index contributed by atoms with van der Waals surface area (Å²) in [5, 5.41) is 0.116. The van der Waals surface area contributed by atoms with E-state index in [1.165, 1.54) is 13.2 Å². The standard InChI is InChI=1S/C27H38F2N4O6/c1-17(2)33(19-9-7-10-32(16-19)26(35)39-27(3,4)5)25(34)22-15-23(37-11-8-12-38-31-36-6)20-13-18(28)14-21(29)24(20)30-22/h13-15,17,19,31H,7-12,16H2,1-6H3. The predicted molar refractivity (Wildman–Crippen MR) is 140 cm³/mol. The number of carbonyl (C=O) groups excluding carboxylic acids is 2. The van der Waals surface area contributed by atoms with Crippen molar-refractivity contribution in [1.29, 1.82) is 0 Å². The van der Waals surface area contributed by atoms with E-state index in [-0.39, 0.29) is 47.6 Å². The smallest absolute Gasteiger partial charge is 0.410 e. The number of likely N-dealkylation sites (tertiary alicyclic amines) is 1. The molecular formula is C27H38F2N4O6. The minimum absolute atomic E-state index is 0.0385. The van der Waals surface area contributed by atoms with E-state index in [9.17, 15) is 18.4 Å². The number of piperidine rings is 1. The van der Waals surface area contributed by atoms with Crippen LogP contribution in [0.2, 0.25) is 0 Å². The highest BCUT2D eigenvalue weighted by Gasteiger charge is 2.35. The van der Waals surface area contributed by atoms with Crippen LogP contribution in [-0.4, -0.2) is 77.9 Å². The Hall–Kier alpha value is -3.09. The van der Waals surface area contributed by atoms with Gasteiger partial charge in [0.1, 0.15) is 28.4 Å². The Morgan fingerprint density at radius 3 is 2.62 bits per heavy atom. The molecular weight excluding hydrogens is 514 g/mol. The molecule has 0 spiro atoms. The molecule has 0 saturated carbocycles. The number of aromatic nitrogens is 1. The molecule has 2 amide bonds. The molecule has 0 radical (unpaired) electrons. The summed E-state index contributed by atoms with van der Waals surface area (Å²) in [7, 11) is 1.41. The summed E-state index contributed by atoms with van der Waals surface area (Å²) in [5.74, 6) is -2.00. The molecule has 2 aromatic rings. The highest BCUT2D eigenvalue weighted by Crippen LogP contribution is 2.30. The van der Waals surface area contributed by atoms with E-state index in [4.69, 9.17) is 14.3 Å². The minimum Gasteiger partial charge on any atom is -0.493 e. The molecule has 1 saturated heterocycles. The second-order valence-electron chi connectivity index (χ2n) is 10.7. The largest absolute Gasteiger partial charge is 0.493 e. The lowest BCUT2D eigenvalue weighted by atomic mass is 10.0. The van der Waals surface area contributed by atoms with Gasteiger partial charge in [0.15, 0.2) is 5.82 Å². The summed E-state index contributed by atoms with van der Waals surface area (Å²) in [6.45, 7) is 10.4. The molecule has 0 bridgehead atoms. The van der Waals surface area contributed by atoms with Gasteiger partial charge in [-0.25, -0.2) is 18.6 Å². The average molecular weight is 553 g/mol. The summed E-state index contributed by atoms with van der Waals surface area (Å²) in [6, 6.07) is 2.70. The number of hydrogen-bond acceptors (Lipinski definition) is 8. The van der Waals surface area contributed by atoms with Crippen molar-refractivity contribution in [2.24, 2.45) is 0 Å². The van der Waals surface area contributed by atoms with E-state index in [2.05, 4.69) is 15.5 Å². The summed E-state index contributed by atoms with van der Waals surface area (Å²) < 4.78 is 40.2. The molecule has 1 aliphatic rings. The third kappa shape index (κ3) is 8.20. The normalized spacial score (nSPS) is 16.0. The molecule has 1 aliphatic heterocycles. The molecule has 2 heterocycles. The first kappa shape index (κ1) is 30.5. The van der Waals surface area contributed by atoms with Crippen LogP contribution in [0.1, 0.15) is 64.4 Å². The molecule has 1 unspecified atom stereocenters. The van der Waals surface area contributed by atoms with Gasteiger partial charge in [-0.1, -0.05) is 5.64 Å². The van der Waals surface area contributed by atoms with Crippen LogP contribution in [0.15, 0.2) is 18.2 Å². The van der Waals surface area contributed by atoms with E-state index in [0.29, 0.717) is 32.4 Å². The zero-order valence-electron chi connectivity index (χ0n) is 23.4. The molecule has 1 atom stereocenters. The fourth-order valence-corrected chi connectivity index (χ4v) is 4.49. The van der Waals surface area contributed by atoms with Crippen LogP contribution < -0.4 is 10.4 Å². The topological polar surface area (TPSA) is 102 Å². The van der Waals surface area contributed by atoms with Crippen LogP contribution in [-0.2, 0) is 14.4 Å². The molecule has 12 heteroatoms.